The predicted molar refractivity (Wildman–Crippen MR) is 95.5 cm³/mol. The van der Waals surface area contributed by atoms with Gasteiger partial charge in [0.15, 0.2) is 0 Å². The highest BCUT2D eigenvalue weighted by Crippen LogP contribution is 2.31. The van der Waals surface area contributed by atoms with Crippen molar-refractivity contribution >= 4 is 17.6 Å². The van der Waals surface area contributed by atoms with E-state index in [0.717, 1.165) is 12.8 Å². The normalized spacial score (nSPS) is 23.1. The van der Waals surface area contributed by atoms with Crippen LogP contribution in [0.5, 0.6) is 0 Å². The third-order valence-electron chi connectivity index (χ3n) is 5.61. The van der Waals surface area contributed by atoms with Crippen LogP contribution in [0.3, 0.4) is 0 Å². The number of aryl methyl sites for hydroxylation is 1. The van der Waals surface area contributed by atoms with Gasteiger partial charge in [0.05, 0.1) is 5.69 Å². The van der Waals surface area contributed by atoms with Gasteiger partial charge in [0.2, 0.25) is 5.91 Å². The molecule has 0 spiro atoms. The number of carbonyl (C=O) groups excluding carboxylic acids is 3. The summed E-state index contributed by atoms with van der Waals surface area (Å²) in [4.78, 5) is 41.0. The third kappa shape index (κ3) is 3.67. The summed E-state index contributed by atoms with van der Waals surface area (Å²) in [6.45, 7) is 1.83. The van der Waals surface area contributed by atoms with E-state index in [4.69, 9.17) is 5.11 Å². The minimum atomic E-state index is -0.470. The number of amides is 2. The van der Waals surface area contributed by atoms with Crippen LogP contribution in [0.2, 0.25) is 0 Å². The molecule has 7 nitrogen and oxygen atoms in total. The largest absolute Gasteiger partial charge is 0.396 e. The van der Waals surface area contributed by atoms with Crippen LogP contribution in [-0.2, 0) is 16.6 Å². The maximum absolute atomic E-state index is 12.6. The molecule has 26 heavy (non-hydrogen) atoms. The molecule has 2 saturated heterocycles. The fraction of sp³-hybridized carbons (Fsp3) is 0.632. The minimum absolute atomic E-state index is 0.139. The van der Waals surface area contributed by atoms with Crippen molar-refractivity contribution in [3.8, 4) is 0 Å². The summed E-state index contributed by atoms with van der Waals surface area (Å²) in [5.41, 5.74) is 0.404. The summed E-state index contributed by atoms with van der Waals surface area (Å²) in [5, 5.41) is 8.96. The van der Waals surface area contributed by atoms with Crippen molar-refractivity contribution < 1.29 is 19.5 Å². The smallest absolute Gasteiger partial charge is 0.296 e. The molecule has 2 fully saturated rings. The van der Waals surface area contributed by atoms with Gasteiger partial charge in [0, 0.05) is 51.9 Å². The van der Waals surface area contributed by atoms with Crippen LogP contribution in [-0.4, -0.2) is 69.4 Å². The van der Waals surface area contributed by atoms with E-state index in [1.54, 1.807) is 34.8 Å². The molecule has 1 aromatic rings. The highest BCUT2D eigenvalue weighted by atomic mass is 16.3. The fourth-order valence-corrected chi connectivity index (χ4v) is 4.17. The summed E-state index contributed by atoms with van der Waals surface area (Å²) < 4.78 is 1.66. The van der Waals surface area contributed by atoms with E-state index in [1.165, 1.54) is 0 Å². The summed E-state index contributed by atoms with van der Waals surface area (Å²) in [7, 11) is 1.75. The Morgan fingerprint density at radius 1 is 1.27 bits per heavy atom. The summed E-state index contributed by atoms with van der Waals surface area (Å²) in [6.07, 6.45) is 5.21. The van der Waals surface area contributed by atoms with Gasteiger partial charge in [-0.05, 0) is 43.7 Å². The van der Waals surface area contributed by atoms with E-state index >= 15 is 0 Å². The van der Waals surface area contributed by atoms with Crippen LogP contribution in [0.1, 0.15) is 42.6 Å². The first-order valence-electron chi connectivity index (χ1n) is 9.38. The van der Waals surface area contributed by atoms with E-state index in [2.05, 4.69) is 0 Å². The average Bonchev–Trinajstić information content (AvgIpc) is 3.08. The molecular formula is C19H27N3O4. The number of carbonyl (C=O) groups is 3. The lowest BCUT2D eigenvalue weighted by Gasteiger charge is -2.47. The predicted octanol–water partition coefficient (Wildman–Crippen LogP) is 0.820. The molecule has 1 N–H and O–H groups in total. The van der Waals surface area contributed by atoms with Gasteiger partial charge in [-0.3, -0.25) is 14.4 Å². The third-order valence-corrected chi connectivity index (χ3v) is 5.61. The molecule has 142 valence electrons. The molecule has 3 rings (SSSR count). The van der Waals surface area contributed by atoms with Gasteiger partial charge in [0.1, 0.15) is 0 Å². The first kappa shape index (κ1) is 18.6. The number of aromatic nitrogens is 1. The van der Waals surface area contributed by atoms with E-state index in [0.29, 0.717) is 44.6 Å². The topological polar surface area (TPSA) is 82.9 Å². The lowest BCUT2D eigenvalue weighted by molar-refractivity contribution is -0.143. The number of Topliss-reactive ketones (excluding diaryl/α,β-unsaturated/α-hetero) is 1. The van der Waals surface area contributed by atoms with Gasteiger partial charge in [-0.25, -0.2) is 0 Å². The van der Waals surface area contributed by atoms with Crippen molar-refractivity contribution in [2.75, 3.05) is 26.2 Å². The number of hydrogen-bond donors (Lipinski definition) is 1. The lowest BCUT2D eigenvalue weighted by atomic mass is 9.83. The number of rotatable bonds is 6. The Kier molecular flexibility index (Phi) is 5.76. The molecule has 0 unspecified atom stereocenters. The SMILES string of the molecule is Cn1cccc1C(=O)C(=O)N1CC[C@@H]2[C@@H](CCC(=O)N2CCCCO)C1. The van der Waals surface area contributed by atoms with E-state index in [1.807, 2.05) is 4.90 Å². The second kappa shape index (κ2) is 8.03. The number of hydrogen-bond acceptors (Lipinski definition) is 4. The number of piperidine rings is 2. The standard InChI is InChI=1S/C19H27N3O4/c1-20-9-4-5-16(20)18(25)19(26)21-11-8-15-14(13-21)6-7-17(24)22(15)10-2-3-12-23/h4-5,9,14-15,23H,2-3,6-8,10-13H2,1H3/t14-,15+/m0/s1. The zero-order chi connectivity index (χ0) is 18.7. The fourth-order valence-electron chi connectivity index (χ4n) is 4.17. The van der Waals surface area contributed by atoms with E-state index < -0.39 is 11.7 Å². The molecule has 0 aromatic carbocycles. The van der Waals surface area contributed by atoms with Crippen molar-refractivity contribution in [3.05, 3.63) is 24.0 Å². The van der Waals surface area contributed by atoms with Gasteiger partial charge < -0.3 is 19.5 Å². The molecule has 7 heteroatoms. The molecule has 2 amide bonds. The number of fused-ring (bicyclic) bond motifs is 1. The summed E-state index contributed by atoms with van der Waals surface area (Å²) in [5.74, 6) is -0.527. The maximum atomic E-state index is 12.6. The molecule has 2 atom stereocenters. The highest BCUT2D eigenvalue weighted by Gasteiger charge is 2.41. The van der Waals surface area contributed by atoms with Crippen molar-refractivity contribution in [2.45, 2.75) is 38.1 Å². The van der Waals surface area contributed by atoms with Crippen LogP contribution < -0.4 is 0 Å². The second-order valence-electron chi connectivity index (χ2n) is 7.26. The van der Waals surface area contributed by atoms with Crippen molar-refractivity contribution in [1.82, 2.24) is 14.4 Å². The zero-order valence-corrected chi connectivity index (χ0v) is 15.3. The van der Waals surface area contributed by atoms with E-state index in [-0.39, 0.29) is 24.5 Å². The molecular weight excluding hydrogens is 334 g/mol. The lowest BCUT2D eigenvalue weighted by Crippen LogP contribution is -2.57. The molecule has 1 aromatic heterocycles. The quantitative estimate of drug-likeness (QED) is 0.462. The minimum Gasteiger partial charge on any atom is -0.396 e. The Hall–Kier alpha value is -2.15. The molecule has 2 aliphatic rings. The zero-order valence-electron chi connectivity index (χ0n) is 15.3. The summed E-state index contributed by atoms with van der Waals surface area (Å²) >= 11 is 0. The number of nitrogens with zero attached hydrogens (tertiary/aromatic N) is 3. The monoisotopic (exact) mass is 361 g/mol. The van der Waals surface area contributed by atoms with Crippen molar-refractivity contribution in [2.24, 2.45) is 13.0 Å². The number of aliphatic hydroxyl groups is 1. The Morgan fingerprint density at radius 2 is 2.08 bits per heavy atom. The number of aliphatic hydroxyl groups excluding tert-OH is 1. The van der Waals surface area contributed by atoms with Gasteiger partial charge >= 0.3 is 0 Å². The van der Waals surface area contributed by atoms with Crippen LogP contribution >= 0.6 is 0 Å². The molecule has 0 saturated carbocycles. The maximum Gasteiger partial charge on any atom is 0.296 e. The first-order chi connectivity index (χ1) is 12.5. The molecule has 3 heterocycles. The first-order valence-corrected chi connectivity index (χ1v) is 9.38. The molecule has 0 aliphatic carbocycles. The Balaban J connectivity index is 1.64. The average molecular weight is 361 g/mol. The van der Waals surface area contributed by atoms with Gasteiger partial charge in [0.25, 0.3) is 11.7 Å². The number of unbranched alkanes of at least 4 members (excludes halogenated alkanes) is 1. The van der Waals surface area contributed by atoms with Crippen LogP contribution in [0.4, 0.5) is 0 Å². The van der Waals surface area contributed by atoms with E-state index in [9.17, 15) is 14.4 Å². The molecule has 0 bridgehead atoms. The van der Waals surface area contributed by atoms with Crippen molar-refractivity contribution in [1.29, 1.82) is 0 Å². The number of ketones is 1. The second-order valence-corrected chi connectivity index (χ2v) is 7.26. The Labute approximate surface area is 153 Å². The van der Waals surface area contributed by atoms with Gasteiger partial charge in [-0.1, -0.05) is 0 Å². The Bertz CT molecular complexity index is 684. The highest BCUT2D eigenvalue weighted by molar-refractivity contribution is 6.42. The molecule has 2 aliphatic heterocycles. The van der Waals surface area contributed by atoms with Gasteiger partial charge in [-0.15, -0.1) is 0 Å². The van der Waals surface area contributed by atoms with Crippen LogP contribution in [0, 0.1) is 5.92 Å². The number of likely N-dealkylation sites (tertiary alicyclic amines) is 2. The van der Waals surface area contributed by atoms with Gasteiger partial charge in [-0.2, -0.15) is 0 Å². The summed E-state index contributed by atoms with van der Waals surface area (Å²) in [6, 6.07) is 3.56. The van der Waals surface area contributed by atoms with Crippen LogP contribution in [0.25, 0.3) is 0 Å². The molecule has 0 radical (unpaired) electrons. The van der Waals surface area contributed by atoms with Crippen molar-refractivity contribution in [3.63, 3.8) is 0 Å². The Morgan fingerprint density at radius 3 is 2.77 bits per heavy atom. The van der Waals surface area contributed by atoms with Crippen LogP contribution in [0.15, 0.2) is 18.3 Å².